The predicted molar refractivity (Wildman–Crippen MR) is 354 cm³/mol. The van der Waals surface area contributed by atoms with Crippen LogP contribution < -0.4 is 53.4 Å². The van der Waals surface area contributed by atoms with Crippen LogP contribution in [0.2, 0.25) is 0 Å². The van der Waals surface area contributed by atoms with Crippen LogP contribution in [0.3, 0.4) is 0 Å². The summed E-state index contributed by atoms with van der Waals surface area (Å²) in [6.45, 7) is 8.50. The number of nitrogens with two attached hydrogens (primary N) is 2. The van der Waals surface area contributed by atoms with Crippen molar-refractivity contribution in [2.45, 2.75) is 160 Å². The van der Waals surface area contributed by atoms with Gasteiger partial charge in [0, 0.05) is 30.4 Å². The molecule has 7 atom stereocenters. The number of nitrogen functional groups attached to an aromatic ring is 1. The number of aliphatic hydroxyl groups excluding tert-OH is 2. The minimum Gasteiger partial charge on any atom is -0.493 e. The minimum atomic E-state index is -5.04. The average molecular weight is 1340 g/mol. The Kier molecular flexibility index (Phi) is 25.5. The number of alkyl carbamates (subject to hydrolysis) is 1. The fraction of sp³-hybridized carbons (Fsp3) is 0.463. The van der Waals surface area contributed by atoms with Gasteiger partial charge in [0.2, 0.25) is 17.8 Å². The summed E-state index contributed by atoms with van der Waals surface area (Å²) in [7, 11) is -5.04. The van der Waals surface area contributed by atoms with Crippen LogP contribution in [0, 0.1) is 5.92 Å². The number of benzene rings is 5. The molecule has 1 aromatic heterocycles. The molecule has 28 heteroatoms. The van der Waals surface area contributed by atoms with Crippen molar-refractivity contribution in [2.75, 3.05) is 38.6 Å². The number of esters is 1. The molecular weight excluding hydrogens is 1250 g/mol. The Labute approximate surface area is 550 Å². The van der Waals surface area contributed by atoms with Crippen LogP contribution in [-0.4, -0.2) is 135 Å². The lowest BCUT2D eigenvalue weighted by molar-refractivity contribution is -0.157. The number of hydroxylamine groups is 1. The van der Waals surface area contributed by atoms with Gasteiger partial charge in [-0.25, -0.2) is 24.4 Å². The predicted octanol–water partition coefficient (Wildman–Crippen LogP) is 6.88. The molecule has 8 rings (SSSR count). The normalized spacial score (nSPS) is 18.4. The maximum atomic E-state index is 14.9. The van der Waals surface area contributed by atoms with Gasteiger partial charge in [0.1, 0.15) is 65.5 Å². The van der Waals surface area contributed by atoms with Crippen LogP contribution in [0.1, 0.15) is 117 Å². The number of carbonyl (C=O) groups is 5. The van der Waals surface area contributed by atoms with Gasteiger partial charge >= 0.3 is 25.6 Å². The van der Waals surface area contributed by atoms with Crippen LogP contribution in [0.4, 0.5) is 10.6 Å². The van der Waals surface area contributed by atoms with Crippen molar-refractivity contribution in [2.24, 2.45) is 16.6 Å². The van der Waals surface area contributed by atoms with E-state index in [0.29, 0.717) is 48.8 Å². The molecule has 0 radical (unpaired) electrons. The van der Waals surface area contributed by atoms with E-state index in [1.54, 1.807) is 39.0 Å². The number of aliphatic imine (C=N–C) groups is 1. The van der Waals surface area contributed by atoms with Crippen molar-refractivity contribution in [1.82, 2.24) is 36.3 Å². The number of hydrogen-bond acceptors (Lipinski definition) is 19. The molecule has 2 fully saturated rings. The highest BCUT2D eigenvalue weighted by molar-refractivity contribution is 7.47. The first-order chi connectivity index (χ1) is 45.4. The van der Waals surface area contributed by atoms with Crippen molar-refractivity contribution in [3.63, 3.8) is 0 Å². The van der Waals surface area contributed by atoms with Crippen LogP contribution in [-0.2, 0) is 53.7 Å². The molecule has 1 aliphatic carbocycles. The molecule has 12 N–H and O–H groups in total. The third-order valence-electron chi connectivity index (χ3n) is 16.0. The van der Waals surface area contributed by atoms with Gasteiger partial charge in [-0.05, 0) is 123 Å². The largest absolute Gasteiger partial charge is 0.493 e. The fourth-order valence-corrected chi connectivity index (χ4v) is 11.7. The number of aromatic nitrogens is 2. The fourth-order valence-electron chi connectivity index (χ4n) is 11.1. The molecule has 2 aliphatic rings. The lowest BCUT2D eigenvalue weighted by Crippen LogP contribution is -2.61. The maximum absolute atomic E-state index is 14.9. The molecule has 3 unspecified atom stereocenters. The topological polar surface area (TPSA) is 387 Å². The number of ether oxygens (including phenoxy) is 5. The van der Waals surface area contributed by atoms with Crippen molar-refractivity contribution in [1.29, 1.82) is 0 Å². The highest BCUT2D eigenvalue weighted by Gasteiger charge is 2.46. The molecule has 6 aromatic rings. The number of guanidine groups is 1. The van der Waals surface area contributed by atoms with Gasteiger partial charge in [-0.2, -0.15) is 9.61 Å². The molecule has 5 aromatic carbocycles. The number of phosphoric ester groups is 1. The summed E-state index contributed by atoms with van der Waals surface area (Å²) in [6, 6.07) is 31.0. The molecule has 2 heterocycles. The summed E-state index contributed by atoms with van der Waals surface area (Å²) in [5.74, 6) is -2.05. The van der Waals surface area contributed by atoms with Crippen LogP contribution in [0.15, 0.2) is 125 Å². The highest BCUT2D eigenvalue weighted by Crippen LogP contribution is 2.46. The first-order valence-electron chi connectivity index (χ1n) is 31.9. The Balaban J connectivity index is 0.997. The molecular formula is C67H87N10O17P. The monoisotopic (exact) mass is 1330 g/mol. The van der Waals surface area contributed by atoms with Crippen LogP contribution in [0.5, 0.6) is 11.5 Å². The zero-order chi connectivity index (χ0) is 68.3. The second-order valence-electron chi connectivity index (χ2n) is 24.9. The van der Waals surface area contributed by atoms with Gasteiger partial charge in [-0.3, -0.25) is 28.5 Å². The van der Waals surface area contributed by atoms with E-state index in [-0.39, 0.29) is 64.0 Å². The van der Waals surface area contributed by atoms with E-state index in [9.17, 15) is 48.4 Å². The first-order valence-corrected chi connectivity index (χ1v) is 33.4. The molecule has 95 heavy (non-hydrogen) atoms. The zero-order valence-electron chi connectivity index (χ0n) is 54.0. The highest BCUT2D eigenvalue weighted by atomic mass is 31.2. The number of unbranched alkanes of at least 4 members (excludes halogenated alkanes) is 1. The summed E-state index contributed by atoms with van der Waals surface area (Å²) in [5, 5.41) is 36.2. The second kappa shape index (κ2) is 33.6. The van der Waals surface area contributed by atoms with Gasteiger partial charge < -0.3 is 71.5 Å². The number of nitrogens with one attached hydrogen (secondary N) is 5. The van der Waals surface area contributed by atoms with E-state index in [1.807, 2.05) is 90.4 Å². The standard InChI is InChI=1S/C67H87N10O17P/c1-42(2)32-38-88-50-29-27-44-21-10-12-23-46(44)55(50)56-47-24-13-11-22-45(47)28-30-51(56)89-41-54(78)72-48(25-14-17-35-71-65(85)93-66(3,4)5)59(81)73-49(60(82)75-67(33-15-7-16-34-67)62(83)90-39-43-19-8-6-9-20-43)26-18-36-70-63(69)76-94-95(86,87)91-40-52-57(79)58(80)61(92-52)77-37-31-53(68)74-64(77)84/h6,8-13,19-24,27-31,37,42,48-49,52,57-58,61,79-80H,7,14-18,25-26,32-36,38-41H2,1-5H3,(H,71,85)(H,72,78)(H,73,81)(H,75,82)(H,86,87)(H2,68,74,84)(H3,69,70,76)/t48?,49?,52-,57-,58-,61-/m1/s1. The molecule has 1 saturated heterocycles. The van der Waals surface area contributed by atoms with E-state index >= 15 is 0 Å². The number of amides is 4. The van der Waals surface area contributed by atoms with Crippen LogP contribution >= 0.6 is 7.82 Å². The van der Waals surface area contributed by atoms with Gasteiger partial charge in [0.05, 0.1) is 13.2 Å². The number of phosphoric acid groups is 1. The Morgan fingerprint density at radius 1 is 0.789 bits per heavy atom. The lowest BCUT2D eigenvalue weighted by atomic mass is 9.81. The van der Waals surface area contributed by atoms with E-state index in [1.165, 1.54) is 12.3 Å². The summed E-state index contributed by atoms with van der Waals surface area (Å²) < 4.78 is 53.4. The number of nitrogens with zero attached hydrogens (tertiary/aromatic N) is 3. The first kappa shape index (κ1) is 72.1. The van der Waals surface area contributed by atoms with Gasteiger partial charge in [-0.15, -0.1) is 0 Å². The van der Waals surface area contributed by atoms with E-state index in [0.717, 1.165) is 50.1 Å². The zero-order valence-corrected chi connectivity index (χ0v) is 54.9. The van der Waals surface area contributed by atoms with Gasteiger partial charge in [-0.1, -0.05) is 124 Å². The van der Waals surface area contributed by atoms with Crippen molar-refractivity contribution < 1.29 is 76.5 Å². The van der Waals surface area contributed by atoms with Crippen LogP contribution in [0.25, 0.3) is 32.7 Å². The van der Waals surface area contributed by atoms with E-state index in [4.69, 9.17) is 44.3 Å². The Morgan fingerprint density at radius 2 is 1.42 bits per heavy atom. The molecule has 0 bridgehead atoms. The Hall–Kier alpha value is -8.69. The number of rotatable bonds is 31. The van der Waals surface area contributed by atoms with Crippen molar-refractivity contribution >= 4 is 70.9 Å². The molecule has 512 valence electrons. The Morgan fingerprint density at radius 3 is 2.07 bits per heavy atom. The quantitative estimate of drug-likeness (QED) is 0.00529. The summed E-state index contributed by atoms with van der Waals surface area (Å²) >= 11 is 0. The third kappa shape index (κ3) is 20.7. The number of carbonyl (C=O) groups excluding carboxylic acids is 5. The lowest BCUT2D eigenvalue weighted by Gasteiger charge is -2.37. The van der Waals surface area contributed by atoms with Crippen molar-refractivity contribution in [3.05, 3.63) is 131 Å². The molecule has 1 aliphatic heterocycles. The third-order valence-corrected chi connectivity index (χ3v) is 16.7. The molecule has 1 saturated carbocycles. The minimum absolute atomic E-state index is 0.0168. The summed E-state index contributed by atoms with van der Waals surface area (Å²) in [5.41, 5.74) is 12.7. The Bertz CT molecular complexity index is 3750. The molecule has 4 amide bonds. The maximum Gasteiger partial charge on any atom is 0.493 e. The summed E-state index contributed by atoms with van der Waals surface area (Å²) in [6.07, 6.45) is -1.83. The number of fused-ring (bicyclic) bond motifs is 2. The number of hydrogen-bond donors (Lipinski definition) is 10. The molecule has 0 spiro atoms. The molecule has 27 nitrogen and oxygen atoms in total. The average Bonchev–Trinajstić information content (AvgIpc) is 1.33. The van der Waals surface area contributed by atoms with Gasteiger partial charge in [0.15, 0.2) is 12.8 Å². The van der Waals surface area contributed by atoms with Crippen molar-refractivity contribution in [3.8, 4) is 22.6 Å². The second-order valence-corrected chi connectivity index (χ2v) is 26.3. The number of aliphatic hydroxyl groups is 2. The number of anilines is 1. The van der Waals surface area contributed by atoms with E-state index in [2.05, 4.69) is 45.1 Å². The SMILES string of the molecule is CC(C)CCOc1ccc2ccccc2c1-c1c(OCC(=O)NC(CCCCNC(=O)OC(C)(C)C)C(=O)NC(CCCN=C(N)NOP(=O)(O)OC[C@H]2O[C@@H](n3ccc(N)nc3=O)[C@H](O)[C@@H]2O)C(=O)NC2(C(=O)OCc3ccccc3)CCCCC2)ccc2ccccc12. The summed E-state index contributed by atoms with van der Waals surface area (Å²) in [4.78, 5) is 102. The van der Waals surface area contributed by atoms with E-state index < -0.39 is 110 Å². The van der Waals surface area contributed by atoms with Gasteiger partial charge in [0.25, 0.3) is 5.91 Å². The smallest absolute Gasteiger partial charge is 0.493 e.